The molecule has 34 heavy (non-hydrogen) atoms. The lowest BCUT2D eigenvalue weighted by Crippen LogP contribution is -2.43. The van der Waals surface area contributed by atoms with Gasteiger partial charge in [-0.25, -0.2) is 9.18 Å². The molecule has 0 bridgehead atoms. The second-order valence-corrected chi connectivity index (χ2v) is 7.65. The van der Waals surface area contributed by atoms with Crippen LogP contribution in [0, 0.1) is 17.1 Å². The van der Waals surface area contributed by atoms with Crippen molar-refractivity contribution < 1.29 is 37.0 Å². The minimum Gasteiger partial charge on any atom is -0.462 e. The molecular weight excluding hydrogens is 458 g/mol. The monoisotopic (exact) mass is 477 g/mol. The van der Waals surface area contributed by atoms with Crippen LogP contribution in [0.1, 0.15) is 35.3 Å². The number of benzene rings is 2. The number of nitrogens with one attached hydrogen (secondary N) is 1. The van der Waals surface area contributed by atoms with Crippen LogP contribution in [0.15, 0.2) is 42.6 Å². The molecule has 0 spiro atoms. The van der Waals surface area contributed by atoms with Crippen LogP contribution in [-0.4, -0.2) is 33.8 Å². The van der Waals surface area contributed by atoms with Gasteiger partial charge in [0.2, 0.25) is 0 Å². The summed E-state index contributed by atoms with van der Waals surface area (Å²) in [4.78, 5) is 25.0. The van der Waals surface area contributed by atoms with Gasteiger partial charge in [-0.05, 0) is 50.2 Å². The lowest BCUT2D eigenvalue weighted by Gasteiger charge is -2.24. The molecule has 2 aromatic carbocycles. The van der Waals surface area contributed by atoms with Gasteiger partial charge in [0.05, 0.1) is 35.9 Å². The first-order chi connectivity index (χ1) is 15.9. The molecule has 0 aliphatic rings. The number of nitriles is 1. The maximum atomic E-state index is 13.8. The Morgan fingerprint density at radius 3 is 2.53 bits per heavy atom. The molecule has 0 aliphatic carbocycles. The lowest BCUT2D eigenvalue weighted by atomic mass is 10.0. The van der Waals surface area contributed by atoms with E-state index in [1.165, 1.54) is 22.9 Å². The van der Waals surface area contributed by atoms with Crippen LogP contribution in [0.5, 0.6) is 0 Å². The number of hydrogen-bond acceptors (Lipinski definition) is 5. The predicted octanol–water partition coefficient (Wildman–Crippen LogP) is 4.24. The Balaban J connectivity index is 1.91. The molecule has 1 atom stereocenters. The first-order valence-electron chi connectivity index (χ1n) is 9.98. The van der Waals surface area contributed by atoms with E-state index in [1.54, 1.807) is 6.92 Å². The number of esters is 1. The SMILES string of the molecule is CCOC(=O)c1cn(C[C@](C)(O)C(=O)Nc2ccc(C#N)c(C(F)(F)F)c2)c2ccc(F)cc12. The Bertz CT molecular complexity index is 1310. The third kappa shape index (κ3) is 5.02. The first kappa shape index (κ1) is 24.7. The molecule has 0 saturated carbocycles. The second kappa shape index (κ2) is 9.15. The summed E-state index contributed by atoms with van der Waals surface area (Å²) >= 11 is 0. The standard InChI is InChI=1S/C23H19F4N3O4/c1-3-34-20(31)17-11-30(19-7-5-14(24)8-16(17)19)12-22(2,33)21(32)29-15-6-4-13(10-28)18(9-15)23(25,26)27/h4-9,11,33H,3,12H2,1-2H3,(H,29,32)/t22-/m0/s1. The quantitative estimate of drug-likeness (QED) is 0.408. The Morgan fingerprint density at radius 1 is 1.21 bits per heavy atom. The number of ether oxygens (including phenoxy) is 1. The molecule has 11 heteroatoms. The van der Waals surface area contributed by atoms with E-state index in [1.807, 2.05) is 0 Å². The molecule has 3 rings (SSSR count). The molecule has 0 fully saturated rings. The maximum Gasteiger partial charge on any atom is 0.417 e. The third-order valence-corrected chi connectivity index (χ3v) is 5.01. The molecular formula is C23H19F4N3O4. The molecule has 0 saturated heterocycles. The van der Waals surface area contributed by atoms with Crippen molar-refractivity contribution in [3.05, 3.63) is 65.1 Å². The molecule has 0 aliphatic heterocycles. The van der Waals surface area contributed by atoms with Crippen LogP contribution in [0.3, 0.4) is 0 Å². The third-order valence-electron chi connectivity index (χ3n) is 5.01. The van der Waals surface area contributed by atoms with Gasteiger partial charge in [0.25, 0.3) is 5.91 Å². The number of carbonyl (C=O) groups excluding carboxylic acids is 2. The number of rotatable bonds is 6. The predicted molar refractivity (Wildman–Crippen MR) is 113 cm³/mol. The summed E-state index contributed by atoms with van der Waals surface area (Å²) in [6.45, 7) is 2.39. The zero-order valence-electron chi connectivity index (χ0n) is 18.0. The van der Waals surface area contributed by atoms with E-state index >= 15 is 0 Å². The van der Waals surface area contributed by atoms with Crippen LogP contribution in [0.4, 0.5) is 23.2 Å². The van der Waals surface area contributed by atoms with Gasteiger partial charge >= 0.3 is 12.1 Å². The summed E-state index contributed by atoms with van der Waals surface area (Å²) in [7, 11) is 0. The molecule has 178 valence electrons. The number of alkyl halides is 3. The van der Waals surface area contributed by atoms with Crippen molar-refractivity contribution in [3.8, 4) is 6.07 Å². The van der Waals surface area contributed by atoms with Gasteiger partial charge in [-0.1, -0.05) is 0 Å². The number of hydrogen-bond donors (Lipinski definition) is 2. The van der Waals surface area contributed by atoms with E-state index in [-0.39, 0.29) is 23.2 Å². The van der Waals surface area contributed by atoms with E-state index in [4.69, 9.17) is 10.00 Å². The summed E-state index contributed by atoms with van der Waals surface area (Å²) in [6.07, 6.45) is -3.52. The van der Waals surface area contributed by atoms with Crippen LogP contribution in [0.25, 0.3) is 10.9 Å². The number of halogens is 4. The first-order valence-corrected chi connectivity index (χ1v) is 9.98. The van der Waals surface area contributed by atoms with Crippen LogP contribution >= 0.6 is 0 Å². The van der Waals surface area contributed by atoms with Gasteiger partial charge in [0, 0.05) is 22.8 Å². The average Bonchev–Trinajstić information content (AvgIpc) is 3.10. The van der Waals surface area contributed by atoms with Crippen molar-refractivity contribution >= 4 is 28.5 Å². The highest BCUT2D eigenvalue weighted by atomic mass is 19.4. The van der Waals surface area contributed by atoms with Crippen LogP contribution in [0.2, 0.25) is 0 Å². The highest BCUT2D eigenvalue weighted by molar-refractivity contribution is 6.04. The minimum atomic E-state index is -4.82. The van der Waals surface area contributed by atoms with E-state index < -0.39 is 47.1 Å². The van der Waals surface area contributed by atoms with E-state index in [9.17, 15) is 32.3 Å². The summed E-state index contributed by atoms with van der Waals surface area (Å²) in [6, 6.07) is 7.66. The summed E-state index contributed by atoms with van der Waals surface area (Å²) in [5.74, 6) is -2.37. The Morgan fingerprint density at radius 2 is 1.91 bits per heavy atom. The highest BCUT2D eigenvalue weighted by Crippen LogP contribution is 2.34. The average molecular weight is 477 g/mol. The zero-order chi connectivity index (χ0) is 25.3. The fourth-order valence-corrected chi connectivity index (χ4v) is 3.39. The van der Waals surface area contributed by atoms with Gasteiger partial charge in [-0.15, -0.1) is 0 Å². The molecule has 0 unspecified atom stereocenters. The molecule has 1 heterocycles. The maximum absolute atomic E-state index is 13.8. The Labute approximate surface area is 191 Å². The van der Waals surface area contributed by atoms with Crippen molar-refractivity contribution in [3.63, 3.8) is 0 Å². The smallest absolute Gasteiger partial charge is 0.417 e. The Hall–Kier alpha value is -3.91. The van der Waals surface area contributed by atoms with Crippen molar-refractivity contribution in [1.82, 2.24) is 4.57 Å². The number of aliphatic hydroxyl groups is 1. The fraction of sp³-hybridized carbons (Fsp3) is 0.261. The number of anilines is 1. The summed E-state index contributed by atoms with van der Waals surface area (Å²) in [5.41, 5.74) is -3.92. The van der Waals surface area contributed by atoms with Crippen molar-refractivity contribution in [2.45, 2.75) is 32.2 Å². The van der Waals surface area contributed by atoms with Crippen LogP contribution < -0.4 is 5.32 Å². The topological polar surface area (TPSA) is 104 Å². The lowest BCUT2D eigenvalue weighted by molar-refractivity contribution is -0.138. The highest BCUT2D eigenvalue weighted by Gasteiger charge is 2.35. The second-order valence-electron chi connectivity index (χ2n) is 7.65. The molecule has 1 aromatic heterocycles. The summed E-state index contributed by atoms with van der Waals surface area (Å²) < 4.78 is 59.7. The number of nitrogens with zero attached hydrogens (tertiary/aromatic N) is 2. The number of aromatic nitrogens is 1. The number of carbonyl (C=O) groups is 2. The van der Waals surface area contributed by atoms with Crippen molar-refractivity contribution in [2.24, 2.45) is 0 Å². The normalized spacial score (nSPS) is 13.2. The van der Waals surface area contributed by atoms with Crippen molar-refractivity contribution in [1.29, 1.82) is 5.26 Å². The minimum absolute atomic E-state index is 0.0227. The molecule has 0 radical (unpaired) electrons. The van der Waals surface area contributed by atoms with E-state index in [0.29, 0.717) is 11.6 Å². The Kier molecular flexibility index (Phi) is 6.65. The van der Waals surface area contributed by atoms with E-state index in [0.717, 1.165) is 31.2 Å². The van der Waals surface area contributed by atoms with Gasteiger partial charge in [0.1, 0.15) is 5.82 Å². The fourth-order valence-electron chi connectivity index (χ4n) is 3.39. The summed E-state index contributed by atoms with van der Waals surface area (Å²) in [5, 5.41) is 22.1. The van der Waals surface area contributed by atoms with Gasteiger partial charge in [-0.3, -0.25) is 4.79 Å². The largest absolute Gasteiger partial charge is 0.462 e. The molecule has 7 nitrogen and oxygen atoms in total. The van der Waals surface area contributed by atoms with Gasteiger partial charge < -0.3 is 19.7 Å². The van der Waals surface area contributed by atoms with Crippen molar-refractivity contribution in [2.75, 3.05) is 11.9 Å². The molecule has 2 N–H and O–H groups in total. The number of fused-ring (bicyclic) bond motifs is 1. The molecule has 1 amide bonds. The van der Waals surface area contributed by atoms with Gasteiger partial charge in [0.15, 0.2) is 5.60 Å². The zero-order valence-corrected chi connectivity index (χ0v) is 18.0. The van der Waals surface area contributed by atoms with Gasteiger partial charge in [-0.2, -0.15) is 18.4 Å². The van der Waals surface area contributed by atoms with Crippen LogP contribution in [-0.2, 0) is 22.3 Å². The van der Waals surface area contributed by atoms with E-state index in [2.05, 4.69) is 5.32 Å². The number of amides is 1. The molecule has 3 aromatic rings.